The maximum atomic E-state index is 7.11. The molecule has 2 fully saturated rings. The summed E-state index contributed by atoms with van der Waals surface area (Å²) in [6.45, 7) is 15.2. The molecular formula is C74H62N2O6. The highest BCUT2D eigenvalue weighted by molar-refractivity contribution is 6.10. The van der Waals surface area contributed by atoms with Crippen molar-refractivity contribution in [2.75, 3.05) is 36.2 Å². The van der Waals surface area contributed by atoms with Gasteiger partial charge in [0.25, 0.3) is 0 Å². The fourth-order valence-corrected chi connectivity index (χ4v) is 11.7. The van der Waals surface area contributed by atoms with Crippen LogP contribution in [0.2, 0.25) is 0 Å². The topological polar surface area (TPSA) is 69.7 Å². The van der Waals surface area contributed by atoms with E-state index in [0.717, 1.165) is 136 Å². The molecule has 0 N–H and O–H groups in total. The Morgan fingerprint density at radius 1 is 0.561 bits per heavy atom. The van der Waals surface area contributed by atoms with Crippen molar-refractivity contribution in [3.63, 3.8) is 0 Å². The maximum absolute atomic E-state index is 7.11. The molecule has 0 spiro atoms. The summed E-state index contributed by atoms with van der Waals surface area (Å²) in [5, 5.41) is 4.17. The molecule has 404 valence electrons. The van der Waals surface area contributed by atoms with Crippen LogP contribution in [0, 0.1) is 0 Å². The number of hydrogen-bond donors (Lipinski definition) is 0. The lowest BCUT2D eigenvalue weighted by molar-refractivity contribution is -0.0441. The van der Waals surface area contributed by atoms with E-state index in [2.05, 4.69) is 243 Å². The molecule has 8 aromatic carbocycles. The van der Waals surface area contributed by atoms with Crippen molar-refractivity contribution in [1.29, 1.82) is 0 Å². The minimum atomic E-state index is -0.459. The number of hydrogen-bond acceptors (Lipinski definition) is 8. The monoisotopic (exact) mass is 1070 g/mol. The predicted octanol–water partition coefficient (Wildman–Crippen LogP) is 19.2. The van der Waals surface area contributed by atoms with Crippen molar-refractivity contribution in [2.45, 2.75) is 39.3 Å². The Labute approximate surface area is 478 Å². The van der Waals surface area contributed by atoms with Gasteiger partial charge in [-0.15, -0.1) is 0 Å². The lowest BCUT2D eigenvalue weighted by atomic mass is 9.94. The molecule has 8 nitrogen and oxygen atoms in total. The summed E-state index contributed by atoms with van der Waals surface area (Å²) in [6.07, 6.45) is 18.1. The maximum Gasteiger partial charge on any atom is 0.184 e. The van der Waals surface area contributed by atoms with Crippen LogP contribution in [0.1, 0.15) is 48.8 Å². The molecule has 0 atom stereocenters. The van der Waals surface area contributed by atoms with Crippen LogP contribution in [0.5, 0.6) is 0 Å². The lowest BCUT2D eigenvalue weighted by Crippen LogP contribution is -2.18. The molecule has 1 aliphatic carbocycles. The van der Waals surface area contributed by atoms with Gasteiger partial charge in [-0.3, -0.25) is 0 Å². The Morgan fingerprint density at radius 2 is 1.17 bits per heavy atom. The number of ether oxygens (including phenoxy) is 4. The third kappa shape index (κ3) is 10.1. The van der Waals surface area contributed by atoms with Crippen molar-refractivity contribution in [2.24, 2.45) is 0 Å². The predicted molar refractivity (Wildman–Crippen MR) is 335 cm³/mol. The first-order chi connectivity index (χ1) is 40.4. The fraction of sp³-hybridized carbons (Fsp3) is 0.135. The van der Waals surface area contributed by atoms with E-state index in [-0.39, 0.29) is 6.29 Å². The van der Waals surface area contributed by atoms with Crippen molar-refractivity contribution in [3.05, 3.63) is 277 Å². The summed E-state index contributed by atoms with van der Waals surface area (Å²) < 4.78 is 37.5. The molecule has 0 bridgehead atoms. The standard InChI is InChI=1S/C74H62N2O6/c1-5-57(75(65-29-17-25-51-19-13-15-27-61(51)65)60-41-35-56(36-42-60)74-79-45-46-80-74)37-31-49(3)69-63-47-68-64(48-67(63)81-71(69)54-21-9-7-10-22-54)70(72(82-68)55-23-11-8-12-24-55)53-33-39-59(40-34-53)76(66-30-18-26-52-20-14-16-28-62(52)66)58(6-2)38-32-50(4)73-77-43-44-78-73/h5-14,16-26,28-42,47-48,73-74H,1,4,15,27,43-46H2,2-3H3. The van der Waals surface area contributed by atoms with Crippen LogP contribution in [0.3, 0.4) is 0 Å². The number of rotatable bonds is 16. The zero-order valence-electron chi connectivity index (χ0n) is 46.1. The summed E-state index contributed by atoms with van der Waals surface area (Å²) in [5.41, 5.74) is 17.7. The molecule has 8 heteroatoms. The van der Waals surface area contributed by atoms with Crippen LogP contribution in [-0.4, -0.2) is 32.7 Å². The van der Waals surface area contributed by atoms with Crippen LogP contribution in [0.4, 0.5) is 22.7 Å². The van der Waals surface area contributed by atoms with Crippen LogP contribution in [0.15, 0.2) is 263 Å². The third-order valence-corrected chi connectivity index (χ3v) is 15.6. The first-order valence-corrected chi connectivity index (χ1v) is 28.1. The van der Waals surface area contributed by atoms with E-state index in [9.17, 15) is 0 Å². The molecule has 2 aliphatic heterocycles. The van der Waals surface area contributed by atoms with Crippen molar-refractivity contribution in [1.82, 2.24) is 0 Å². The molecule has 2 aromatic heterocycles. The average molecular weight is 1080 g/mol. The van der Waals surface area contributed by atoms with Gasteiger partial charge in [0.15, 0.2) is 12.6 Å². The van der Waals surface area contributed by atoms with Gasteiger partial charge in [-0.05, 0) is 121 Å². The summed E-state index contributed by atoms with van der Waals surface area (Å²) >= 11 is 0. The Kier molecular flexibility index (Phi) is 14.7. The highest BCUT2D eigenvalue weighted by atomic mass is 16.7. The van der Waals surface area contributed by atoms with E-state index in [0.29, 0.717) is 26.4 Å². The molecule has 3 aliphatic rings. The van der Waals surface area contributed by atoms with Gasteiger partial charge < -0.3 is 37.6 Å². The third-order valence-electron chi connectivity index (χ3n) is 15.6. The zero-order valence-corrected chi connectivity index (χ0v) is 46.1. The molecule has 0 amide bonds. The van der Waals surface area contributed by atoms with Gasteiger partial charge in [0.1, 0.15) is 22.7 Å². The van der Waals surface area contributed by atoms with Gasteiger partial charge in [0, 0.05) is 78.0 Å². The second-order valence-electron chi connectivity index (χ2n) is 20.7. The average Bonchev–Trinajstić information content (AvgIpc) is 3.80. The van der Waals surface area contributed by atoms with Gasteiger partial charge in [0.05, 0.1) is 32.1 Å². The summed E-state index contributed by atoms with van der Waals surface area (Å²) in [6, 6.07) is 63.8. The molecule has 4 heterocycles. The Morgan fingerprint density at radius 3 is 1.90 bits per heavy atom. The molecule has 2 saturated heterocycles. The van der Waals surface area contributed by atoms with Gasteiger partial charge in [-0.1, -0.05) is 177 Å². The number of allylic oxidation sites excluding steroid dienone is 7. The summed E-state index contributed by atoms with van der Waals surface area (Å²) in [7, 11) is 0. The van der Waals surface area contributed by atoms with E-state index in [4.69, 9.17) is 27.8 Å². The van der Waals surface area contributed by atoms with Crippen LogP contribution >= 0.6 is 0 Å². The fourth-order valence-electron chi connectivity index (χ4n) is 11.7. The minimum Gasteiger partial charge on any atom is -0.455 e. The van der Waals surface area contributed by atoms with E-state index in [1.165, 1.54) is 11.1 Å². The second-order valence-corrected chi connectivity index (χ2v) is 20.7. The van der Waals surface area contributed by atoms with Crippen molar-refractivity contribution in [3.8, 4) is 33.8 Å². The zero-order chi connectivity index (χ0) is 55.5. The van der Waals surface area contributed by atoms with Crippen LogP contribution in [0.25, 0.3) is 78.1 Å². The van der Waals surface area contributed by atoms with Crippen molar-refractivity contribution >= 4 is 67.1 Å². The number of benzene rings is 8. The molecule has 0 radical (unpaired) electrons. The van der Waals surface area contributed by atoms with Gasteiger partial charge >= 0.3 is 0 Å². The highest BCUT2D eigenvalue weighted by Crippen LogP contribution is 2.47. The molecule has 10 aromatic rings. The first-order valence-electron chi connectivity index (χ1n) is 28.1. The first kappa shape index (κ1) is 52.1. The van der Waals surface area contributed by atoms with Crippen LogP contribution < -0.4 is 9.80 Å². The molecule has 0 saturated carbocycles. The Hall–Kier alpha value is -9.28. The van der Waals surface area contributed by atoms with Crippen LogP contribution in [-0.2, 0) is 25.4 Å². The molecule has 82 heavy (non-hydrogen) atoms. The van der Waals surface area contributed by atoms with Gasteiger partial charge in [0.2, 0.25) is 0 Å². The normalized spacial score (nSPS) is 15.3. The molecule has 13 rings (SSSR count). The Bertz CT molecular complexity index is 4160. The van der Waals surface area contributed by atoms with E-state index < -0.39 is 6.29 Å². The minimum absolute atomic E-state index is 0.365. The number of fused-ring (bicyclic) bond motifs is 4. The SMILES string of the molecule is C=CC(=CC=C(C)c1c(-c2ccccc2)oc2cc3c(-c4ccc(N(C(C=CC(=C)C5OCCO5)=CC)c5cccc6ccccc56)cc4)c(-c4ccccc4)oc3cc12)N(c1ccc(C2OCCO2)cc1)c1cccc2c1CCC=C2. The summed E-state index contributed by atoms with van der Waals surface area (Å²) in [5.74, 6) is 1.56. The van der Waals surface area contributed by atoms with E-state index >= 15 is 0 Å². The van der Waals surface area contributed by atoms with E-state index in [1.807, 2.05) is 24.3 Å². The van der Waals surface area contributed by atoms with Crippen molar-refractivity contribution < 1.29 is 27.8 Å². The second kappa shape index (κ2) is 23.1. The molecule has 0 unspecified atom stereocenters. The number of nitrogens with zero attached hydrogens (tertiary/aromatic N) is 2. The quantitative estimate of drug-likeness (QED) is 0.0887. The van der Waals surface area contributed by atoms with Gasteiger partial charge in [-0.25, -0.2) is 0 Å². The summed E-state index contributed by atoms with van der Waals surface area (Å²) in [4.78, 5) is 4.61. The van der Waals surface area contributed by atoms with Gasteiger partial charge in [-0.2, -0.15) is 0 Å². The smallest absolute Gasteiger partial charge is 0.184 e. The number of anilines is 4. The lowest BCUT2D eigenvalue weighted by Gasteiger charge is -2.30. The number of furan rings is 2. The Balaban J connectivity index is 0.929. The highest BCUT2D eigenvalue weighted by Gasteiger charge is 2.27. The molecular weight excluding hydrogens is 1010 g/mol. The van der Waals surface area contributed by atoms with E-state index in [1.54, 1.807) is 0 Å². The largest absolute Gasteiger partial charge is 0.455 e.